The topological polar surface area (TPSA) is 32.3 Å². The molecule has 146 valence electrons. The van der Waals surface area contributed by atoms with Crippen molar-refractivity contribution in [2.45, 2.75) is 44.7 Å². The lowest BCUT2D eigenvalue weighted by Gasteiger charge is -2.33. The summed E-state index contributed by atoms with van der Waals surface area (Å²) >= 11 is 0. The number of carbonyl (C=O) groups excluding carboxylic acids is 1. The summed E-state index contributed by atoms with van der Waals surface area (Å²) in [7, 11) is 0. The zero-order chi connectivity index (χ0) is 18.0. The Morgan fingerprint density at radius 2 is 1.69 bits per heavy atom. The van der Waals surface area contributed by atoms with Crippen molar-refractivity contribution in [2.75, 3.05) is 26.2 Å². The van der Waals surface area contributed by atoms with Crippen LogP contribution in [0.4, 0.5) is 13.2 Å². The van der Waals surface area contributed by atoms with Crippen molar-refractivity contribution in [2.24, 2.45) is 5.92 Å². The van der Waals surface area contributed by atoms with E-state index in [2.05, 4.69) is 11.4 Å². The summed E-state index contributed by atoms with van der Waals surface area (Å²) in [4.78, 5) is 14.3. The second-order valence-corrected chi connectivity index (χ2v) is 7.26. The number of halogens is 4. The quantitative estimate of drug-likeness (QED) is 0.816. The van der Waals surface area contributed by atoms with Gasteiger partial charge in [-0.2, -0.15) is 13.2 Å². The molecule has 1 N–H and O–H groups in total. The lowest BCUT2D eigenvalue weighted by molar-refractivity contribution is -0.183. The summed E-state index contributed by atoms with van der Waals surface area (Å²) in [5.41, 5.74) is 2.82. The molecule has 1 amide bonds. The minimum absolute atomic E-state index is 0. The number of nitrogens with zero attached hydrogens (tertiary/aromatic N) is 1. The van der Waals surface area contributed by atoms with E-state index in [1.54, 1.807) is 4.90 Å². The molecule has 2 aliphatic rings. The van der Waals surface area contributed by atoms with E-state index in [0.29, 0.717) is 11.5 Å². The highest BCUT2D eigenvalue weighted by molar-refractivity contribution is 5.94. The SMILES string of the molecule is Cc1cc(C(=O)N2CCC(C(F)(F)F)CC2)cc(C2CCNCC2)c1.Cl. The number of benzene rings is 1. The Kier molecular flexibility index (Phi) is 6.97. The second kappa shape index (κ2) is 8.61. The number of alkyl halides is 3. The van der Waals surface area contributed by atoms with E-state index in [0.717, 1.165) is 31.5 Å². The van der Waals surface area contributed by atoms with Crippen LogP contribution >= 0.6 is 12.4 Å². The Bertz CT molecular complexity index is 622. The number of rotatable bonds is 2. The highest BCUT2D eigenvalue weighted by atomic mass is 35.5. The van der Waals surface area contributed by atoms with Gasteiger partial charge >= 0.3 is 6.18 Å². The lowest BCUT2D eigenvalue weighted by Crippen LogP contribution is -2.42. The van der Waals surface area contributed by atoms with E-state index < -0.39 is 12.1 Å². The van der Waals surface area contributed by atoms with Crippen molar-refractivity contribution in [1.29, 1.82) is 0 Å². The van der Waals surface area contributed by atoms with Crippen LogP contribution in [0, 0.1) is 12.8 Å². The molecule has 0 atom stereocenters. The van der Waals surface area contributed by atoms with Crippen LogP contribution in [-0.4, -0.2) is 43.2 Å². The molecule has 2 heterocycles. The van der Waals surface area contributed by atoms with E-state index in [1.807, 2.05) is 19.1 Å². The van der Waals surface area contributed by atoms with E-state index in [1.165, 1.54) is 5.56 Å². The van der Waals surface area contributed by atoms with Gasteiger partial charge in [0.15, 0.2) is 0 Å². The number of amides is 1. The third-order valence-corrected chi connectivity index (χ3v) is 5.40. The van der Waals surface area contributed by atoms with Gasteiger partial charge < -0.3 is 10.2 Å². The molecule has 0 radical (unpaired) electrons. The molecule has 2 fully saturated rings. The van der Waals surface area contributed by atoms with E-state index in [-0.39, 0.29) is 44.2 Å². The van der Waals surface area contributed by atoms with Crippen molar-refractivity contribution in [1.82, 2.24) is 10.2 Å². The smallest absolute Gasteiger partial charge is 0.339 e. The van der Waals surface area contributed by atoms with Gasteiger partial charge in [0.05, 0.1) is 5.92 Å². The Morgan fingerprint density at radius 3 is 2.27 bits per heavy atom. The normalized spacial score (nSPS) is 19.9. The summed E-state index contributed by atoms with van der Waals surface area (Å²) < 4.78 is 38.4. The van der Waals surface area contributed by atoms with E-state index >= 15 is 0 Å². The molecule has 7 heteroatoms. The highest BCUT2D eigenvalue weighted by Gasteiger charge is 2.41. The fourth-order valence-electron chi connectivity index (χ4n) is 3.92. The van der Waals surface area contributed by atoms with Crippen LogP contribution in [0.25, 0.3) is 0 Å². The lowest BCUT2D eigenvalue weighted by atomic mass is 9.88. The van der Waals surface area contributed by atoms with Crippen molar-refractivity contribution >= 4 is 18.3 Å². The van der Waals surface area contributed by atoms with Gasteiger partial charge in [-0.1, -0.05) is 11.6 Å². The van der Waals surface area contributed by atoms with Crippen molar-refractivity contribution < 1.29 is 18.0 Å². The second-order valence-electron chi connectivity index (χ2n) is 7.26. The maximum atomic E-state index is 12.8. The van der Waals surface area contributed by atoms with Gasteiger partial charge in [-0.05, 0) is 69.3 Å². The fourth-order valence-corrected chi connectivity index (χ4v) is 3.92. The first-order valence-corrected chi connectivity index (χ1v) is 9.03. The largest absolute Gasteiger partial charge is 0.391 e. The molecule has 1 aromatic rings. The first kappa shape index (κ1) is 21.0. The molecule has 3 nitrogen and oxygen atoms in total. The molecule has 26 heavy (non-hydrogen) atoms. The number of carbonyl (C=O) groups is 1. The molecule has 0 aliphatic carbocycles. The van der Waals surface area contributed by atoms with E-state index in [4.69, 9.17) is 0 Å². The standard InChI is InChI=1S/C19H25F3N2O.ClH/c1-13-10-15(14-2-6-23-7-3-14)12-16(11-13)18(25)24-8-4-17(5-9-24)19(20,21)22;/h10-12,14,17,23H,2-9H2,1H3;1H. The number of nitrogens with one attached hydrogen (secondary N) is 1. The fraction of sp³-hybridized carbons (Fsp3) is 0.632. The molecule has 0 bridgehead atoms. The minimum Gasteiger partial charge on any atom is -0.339 e. The summed E-state index contributed by atoms with van der Waals surface area (Å²) in [6.45, 7) is 4.29. The molecule has 0 unspecified atom stereocenters. The average molecular weight is 391 g/mol. The number of hydrogen-bond acceptors (Lipinski definition) is 2. The Morgan fingerprint density at radius 1 is 1.08 bits per heavy atom. The predicted molar refractivity (Wildman–Crippen MR) is 98.0 cm³/mol. The van der Waals surface area contributed by atoms with Gasteiger partial charge in [0.25, 0.3) is 5.91 Å². The Hall–Kier alpha value is -1.27. The maximum Gasteiger partial charge on any atom is 0.391 e. The summed E-state index contributed by atoms with van der Waals surface area (Å²) in [6, 6.07) is 5.92. The van der Waals surface area contributed by atoms with Gasteiger partial charge in [0.2, 0.25) is 0 Å². The van der Waals surface area contributed by atoms with Gasteiger partial charge in [-0.15, -0.1) is 12.4 Å². The van der Waals surface area contributed by atoms with Crippen LogP contribution < -0.4 is 5.32 Å². The Labute approximate surface area is 158 Å². The van der Waals surface area contributed by atoms with Crippen molar-refractivity contribution in [3.05, 3.63) is 34.9 Å². The van der Waals surface area contributed by atoms with Gasteiger partial charge in [-0.25, -0.2) is 0 Å². The predicted octanol–water partition coefficient (Wildman–Crippen LogP) is 4.30. The molecule has 0 aromatic heterocycles. The van der Waals surface area contributed by atoms with Crippen LogP contribution in [-0.2, 0) is 0 Å². The van der Waals surface area contributed by atoms with Gasteiger partial charge in [-0.3, -0.25) is 4.79 Å². The summed E-state index contributed by atoms with van der Waals surface area (Å²) in [5.74, 6) is -0.970. The minimum atomic E-state index is -4.15. The van der Waals surface area contributed by atoms with Crippen LogP contribution in [0.15, 0.2) is 18.2 Å². The van der Waals surface area contributed by atoms with Crippen molar-refractivity contribution in [3.8, 4) is 0 Å². The van der Waals surface area contributed by atoms with Crippen LogP contribution in [0.3, 0.4) is 0 Å². The molecule has 2 aliphatic heterocycles. The number of aryl methyl sites for hydroxylation is 1. The zero-order valence-electron chi connectivity index (χ0n) is 14.9. The number of piperidine rings is 2. The average Bonchev–Trinajstić information content (AvgIpc) is 2.61. The van der Waals surface area contributed by atoms with Crippen LogP contribution in [0.1, 0.15) is 53.1 Å². The monoisotopic (exact) mass is 390 g/mol. The molecule has 1 aromatic carbocycles. The first-order valence-electron chi connectivity index (χ1n) is 9.03. The third kappa shape index (κ3) is 4.92. The first-order chi connectivity index (χ1) is 11.8. The Balaban J connectivity index is 0.00000243. The summed E-state index contributed by atoms with van der Waals surface area (Å²) in [6.07, 6.45) is -2.05. The maximum absolute atomic E-state index is 12.8. The van der Waals surface area contributed by atoms with Crippen LogP contribution in [0.2, 0.25) is 0 Å². The summed E-state index contributed by atoms with van der Waals surface area (Å²) in [5, 5.41) is 3.34. The molecule has 2 saturated heterocycles. The zero-order valence-corrected chi connectivity index (χ0v) is 15.8. The molecule has 0 spiro atoms. The van der Waals surface area contributed by atoms with Gasteiger partial charge in [0.1, 0.15) is 0 Å². The molecular weight excluding hydrogens is 365 g/mol. The molecule has 0 saturated carbocycles. The van der Waals surface area contributed by atoms with Crippen molar-refractivity contribution in [3.63, 3.8) is 0 Å². The van der Waals surface area contributed by atoms with Gasteiger partial charge in [0, 0.05) is 18.7 Å². The van der Waals surface area contributed by atoms with Crippen LogP contribution in [0.5, 0.6) is 0 Å². The number of hydrogen-bond donors (Lipinski definition) is 1. The molecule has 3 rings (SSSR count). The third-order valence-electron chi connectivity index (χ3n) is 5.40. The molecular formula is C19H26ClF3N2O. The van der Waals surface area contributed by atoms with E-state index in [9.17, 15) is 18.0 Å². The number of likely N-dealkylation sites (tertiary alicyclic amines) is 1. The highest BCUT2D eigenvalue weighted by Crippen LogP contribution is 2.34.